The topological polar surface area (TPSA) is 61.2 Å². The van der Waals surface area contributed by atoms with E-state index in [2.05, 4.69) is 4.98 Å². The van der Waals surface area contributed by atoms with E-state index in [1.807, 2.05) is 43.3 Å². The second-order valence-corrected chi connectivity index (χ2v) is 6.79. The summed E-state index contributed by atoms with van der Waals surface area (Å²) in [6.07, 6.45) is 0.862. The molecule has 2 aromatic carbocycles. The molecule has 0 radical (unpaired) electrons. The number of aromatic nitrogens is 2. The summed E-state index contributed by atoms with van der Waals surface area (Å²) in [6.45, 7) is 2.68. The molecule has 134 valence electrons. The molecule has 0 N–H and O–H groups in total. The van der Waals surface area contributed by atoms with E-state index in [1.54, 1.807) is 16.7 Å². The van der Waals surface area contributed by atoms with Crippen LogP contribution in [0.25, 0.3) is 10.9 Å². The number of carbonyl (C=O) groups is 1. The van der Waals surface area contributed by atoms with Gasteiger partial charge in [0.05, 0.1) is 23.6 Å². The third kappa shape index (κ3) is 3.80. The predicted molar refractivity (Wildman–Crippen MR) is 104 cm³/mol. The number of para-hydroxylation sites is 1. The first kappa shape index (κ1) is 18.2. The molecule has 6 heteroatoms. The van der Waals surface area contributed by atoms with E-state index in [0.29, 0.717) is 33.9 Å². The summed E-state index contributed by atoms with van der Waals surface area (Å²) >= 11 is 1.52. The van der Waals surface area contributed by atoms with E-state index in [1.165, 1.54) is 18.9 Å². The van der Waals surface area contributed by atoms with Gasteiger partial charge in [-0.2, -0.15) is 0 Å². The van der Waals surface area contributed by atoms with Gasteiger partial charge in [0.25, 0.3) is 5.56 Å². The average Bonchev–Trinajstić information content (AvgIpc) is 2.68. The van der Waals surface area contributed by atoms with Gasteiger partial charge in [-0.25, -0.2) is 9.78 Å². The number of benzene rings is 2. The smallest absolute Gasteiger partial charge is 0.337 e. The van der Waals surface area contributed by atoms with Crippen molar-refractivity contribution < 1.29 is 9.53 Å². The monoisotopic (exact) mass is 368 g/mol. The summed E-state index contributed by atoms with van der Waals surface area (Å²) in [5.74, 6) is 0.313. The third-order valence-corrected chi connectivity index (χ3v) is 5.06. The van der Waals surface area contributed by atoms with Crippen LogP contribution in [0, 0.1) is 0 Å². The molecule has 0 aliphatic carbocycles. The number of fused-ring (bicyclic) bond motifs is 1. The highest BCUT2D eigenvalue weighted by molar-refractivity contribution is 7.98. The maximum absolute atomic E-state index is 12.8. The van der Waals surface area contributed by atoms with E-state index in [-0.39, 0.29) is 11.5 Å². The predicted octanol–water partition coefficient (Wildman–Crippen LogP) is 3.89. The maximum Gasteiger partial charge on any atom is 0.337 e. The van der Waals surface area contributed by atoms with E-state index in [0.717, 1.165) is 12.0 Å². The van der Waals surface area contributed by atoms with Gasteiger partial charge in [-0.3, -0.25) is 9.36 Å². The Morgan fingerprint density at radius 3 is 2.58 bits per heavy atom. The maximum atomic E-state index is 12.8. The summed E-state index contributed by atoms with van der Waals surface area (Å²) in [6, 6.07) is 14.7. The number of rotatable bonds is 6. The zero-order chi connectivity index (χ0) is 18.5. The molecule has 0 saturated carbocycles. The molecule has 3 rings (SSSR count). The van der Waals surface area contributed by atoms with Crippen LogP contribution in [0.3, 0.4) is 0 Å². The number of thioether (sulfide) groups is 1. The minimum atomic E-state index is -0.350. The molecule has 0 atom stereocenters. The van der Waals surface area contributed by atoms with Crippen LogP contribution < -0.4 is 5.56 Å². The molecule has 0 aliphatic heterocycles. The van der Waals surface area contributed by atoms with Gasteiger partial charge in [0, 0.05) is 12.3 Å². The lowest BCUT2D eigenvalue weighted by Crippen LogP contribution is -2.23. The van der Waals surface area contributed by atoms with Crippen LogP contribution in [0.15, 0.2) is 58.5 Å². The second-order valence-electron chi connectivity index (χ2n) is 5.85. The van der Waals surface area contributed by atoms with Gasteiger partial charge >= 0.3 is 5.97 Å². The van der Waals surface area contributed by atoms with Crippen LogP contribution in [-0.4, -0.2) is 22.6 Å². The van der Waals surface area contributed by atoms with Crippen LogP contribution in [-0.2, 0) is 17.0 Å². The molecule has 3 aromatic rings. The zero-order valence-electron chi connectivity index (χ0n) is 14.8. The molecule has 0 unspecified atom stereocenters. The Morgan fingerprint density at radius 1 is 1.15 bits per heavy atom. The molecule has 0 bridgehead atoms. The van der Waals surface area contributed by atoms with Gasteiger partial charge in [-0.05, 0) is 36.2 Å². The fourth-order valence-corrected chi connectivity index (χ4v) is 3.66. The van der Waals surface area contributed by atoms with Gasteiger partial charge in [0.15, 0.2) is 5.16 Å². The largest absolute Gasteiger partial charge is 0.465 e. The number of hydrogen-bond donors (Lipinski definition) is 0. The molecule has 1 aromatic heterocycles. The molecule has 0 fully saturated rings. The second kappa shape index (κ2) is 8.19. The van der Waals surface area contributed by atoms with Gasteiger partial charge in [0.1, 0.15) is 0 Å². The molecule has 0 aliphatic rings. The van der Waals surface area contributed by atoms with Crippen molar-refractivity contribution in [1.82, 2.24) is 9.55 Å². The number of esters is 1. The summed E-state index contributed by atoms with van der Waals surface area (Å²) in [7, 11) is 1.37. The van der Waals surface area contributed by atoms with Gasteiger partial charge in [0.2, 0.25) is 0 Å². The molecule has 0 saturated heterocycles. The number of nitrogens with zero attached hydrogens (tertiary/aromatic N) is 2. The number of methoxy groups -OCH3 is 1. The van der Waals surface area contributed by atoms with Crippen molar-refractivity contribution >= 4 is 28.6 Å². The molecule has 26 heavy (non-hydrogen) atoms. The van der Waals surface area contributed by atoms with Crippen molar-refractivity contribution in [3.63, 3.8) is 0 Å². The van der Waals surface area contributed by atoms with Gasteiger partial charge in [-0.15, -0.1) is 0 Å². The fourth-order valence-electron chi connectivity index (χ4n) is 2.68. The summed E-state index contributed by atoms with van der Waals surface area (Å²) < 4.78 is 6.46. The summed E-state index contributed by atoms with van der Waals surface area (Å²) in [5, 5.41) is 1.36. The molecule has 5 nitrogen and oxygen atoms in total. The summed E-state index contributed by atoms with van der Waals surface area (Å²) in [5.41, 5.74) is 2.29. The van der Waals surface area contributed by atoms with E-state index >= 15 is 0 Å². The lowest BCUT2D eigenvalue weighted by Gasteiger charge is -2.12. The lowest BCUT2D eigenvalue weighted by atomic mass is 10.1. The molecule has 0 spiro atoms. The Labute approximate surface area is 156 Å². The Kier molecular flexibility index (Phi) is 5.73. The van der Waals surface area contributed by atoms with Crippen molar-refractivity contribution in [2.75, 3.05) is 7.11 Å². The highest BCUT2D eigenvalue weighted by Gasteiger charge is 2.11. The van der Waals surface area contributed by atoms with Gasteiger partial charge in [-0.1, -0.05) is 43.0 Å². The van der Waals surface area contributed by atoms with Crippen LogP contribution >= 0.6 is 11.8 Å². The van der Waals surface area contributed by atoms with Crippen molar-refractivity contribution in [2.24, 2.45) is 0 Å². The Morgan fingerprint density at radius 2 is 1.88 bits per heavy atom. The van der Waals surface area contributed by atoms with Crippen LogP contribution in [0.2, 0.25) is 0 Å². The minimum Gasteiger partial charge on any atom is -0.465 e. The summed E-state index contributed by atoms with van der Waals surface area (Å²) in [4.78, 5) is 28.9. The number of hydrogen-bond acceptors (Lipinski definition) is 5. The Bertz CT molecular complexity index is 981. The van der Waals surface area contributed by atoms with E-state index < -0.39 is 0 Å². The lowest BCUT2D eigenvalue weighted by molar-refractivity contribution is 0.0600. The van der Waals surface area contributed by atoms with Crippen molar-refractivity contribution in [3.05, 3.63) is 70.0 Å². The Hall–Kier alpha value is -2.60. The highest BCUT2D eigenvalue weighted by atomic mass is 32.2. The molecule has 1 heterocycles. The molecule has 0 amide bonds. The minimum absolute atomic E-state index is 0.000916. The zero-order valence-corrected chi connectivity index (χ0v) is 15.6. The van der Waals surface area contributed by atoms with Crippen molar-refractivity contribution in [3.8, 4) is 0 Å². The third-order valence-electron chi connectivity index (χ3n) is 4.02. The quantitative estimate of drug-likeness (QED) is 0.375. The van der Waals surface area contributed by atoms with Crippen LogP contribution in [0.5, 0.6) is 0 Å². The SMILES string of the molecule is CCCn1c(SCc2ccc(C(=O)OC)cc2)nc2ccccc2c1=O. The Balaban J connectivity index is 1.87. The standard InChI is InChI=1S/C20H20N2O3S/c1-3-12-22-18(23)16-6-4-5-7-17(16)21-20(22)26-13-14-8-10-15(11-9-14)19(24)25-2/h4-11H,3,12-13H2,1-2H3. The first-order valence-electron chi connectivity index (χ1n) is 8.43. The first-order chi connectivity index (χ1) is 12.6. The normalized spacial score (nSPS) is 10.8. The highest BCUT2D eigenvalue weighted by Crippen LogP contribution is 2.22. The fraction of sp³-hybridized carbons (Fsp3) is 0.250. The average molecular weight is 368 g/mol. The molecular weight excluding hydrogens is 348 g/mol. The molecular formula is C20H20N2O3S. The first-order valence-corrected chi connectivity index (χ1v) is 9.42. The van der Waals surface area contributed by atoms with Crippen molar-refractivity contribution in [1.29, 1.82) is 0 Å². The van der Waals surface area contributed by atoms with Crippen LogP contribution in [0.1, 0.15) is 29.3 Å². The number of ether oxygens (including phenoxy) is 1. The van der Waals surface area contributed by atoms with Crippen molar-refractivity contribution in [2.45, 2.75) is 30.8 Å². The van der Waals surface area contributed by atoms with Crippen LogP contribution in [0.4, 0.5) is 0 Å². The number of carbonyl (C=O) groups excluding carboxylic acids is 1. The van der Waals surface area contributed by atoms with E-state index in [4.69, 9.17) is 4.74 Å². The van der Waals surface area contributed by atoms with E-state index in [9.17, 15) is 9.59 Å². The van der Waals surface area contributed by atoms with Gasteiger partial charge < -0.3 is 4.74 Å².